The van der Waals surface area contributed by atoms with Crippen molar-refractivity contribution in [3.05, 3.63) is 15.5 Å². The maximum Gasteiger partial charge on any atom is 0.410 e. The molecule has 2 heterocycles. The van der Waals surface area contributed by atoms with Crippen LogP contribution in [0, 0.1) is 0 Å². The standard InChI is InChI=1S/C14H21ClN2O4S2/c1-14(2,3)21-13(18)17-6-4-5-11(8-17)23(19,20)9-10-7-16-12(15)22-10/h7,11H,4-6,8-9H2,1-3H3. The van der Waals surface area contributed by atoms with E-state index in [1.54, 1.807) is 20.8 Å². The minimum absolute atomic E-state index is 0.0930. The van der Waals surface area contributed by atoms with Gasteiger partial charge in [-0.3, -0.25) is 0 Å². The molecule has 1 amide bonds. The summed E-state index contributed by atoms with van der Waals surface area (Å²) in [6, 6.07) is 0. The number of ether oxygens (including phenoxy) is 1. The molecule has 0 spiro atoms. The number of thiazole rings is 1. The van der Waals surface area contributed by atoms with Crippen LogP contribution in [0.4, 0.5) is 4.79 Å². The van der Waals surface area contributed by atoms with Crippen LogP contribution < -0.4 is 0 Å². The van der Waals surface area contributed by atoms with E-state index < -0.39 is 26.8 Å². The van der Waals surface area contributed by atoms with Gasteiger partial charge >= 0.3 is 6.09 Å². The van der Waals surface area contributed by atoms with Gasteiger partial charge in [0.25, 0.3) is 0 Å². The lowest BCUT2D eigenvalue weighted by atomic mass is 10.1. The predicted octanol–water partition coefficient (Wildman–Crippen LogP) is 3.11. The van der Waals surface area contributed by atoms with Crippen LogP contribution in [0.3, 0.4) is 0 Å². The number of aromatic nitrogens is 1. The molecular formula is C14H21ClN2O4S2. The number of carbonyl (C=O) groups is 1. The third kappa shape index (κ3) is 5.32. The van der Waals surface area contributed by atoms with Crippen molar-refractivity contribution in [3.63, 3.8) is 0 Å². The average Bonchev–Trinajstić information content (AvgIpc) is 2.81. The van der Waals surface area contributed by atoms with E-state index in [0.29, 0.717) is 28.7 Å². The van der Waals surface area contributed by atoms with Crippen molar-refractivity contribution in [1.29, 1.82) is 0 Å². The lowest BCUT2D eigenvalue weighted by Gasteiger charge is -2.33. The summed E-state index contributed by atoms with van der Waals surface area (Å²) >= 11 is 6.91. The van der Waals surface area contributed by atoms with Crippen LogP contribution in [0.2, 0.25) is 4.47 Å². The summed E-state index contributed by atoms with van der Waals surface area (Å²) in [6.45, 7) is 6.06. The highest BCUT2D eigenvalue weighted by atomic mass is 35.5. The third-order valence-corrected chi connectivity index (χ3v) is 6.82. The first-order valence-electron chi connectivity index (χ1n) is 7.36. The maximum absolute atomic E-state index is 12.6. The molecule has 130 valence electrons. The van der Waals surface area contributed by atoms with Gasteiger partial charge in [-0.2, -0.15) is 0 Å². The van der Waals surface area contributed by atoms with E-state index in [2.05, 4.69) is 4.98 Å². The van der Waals surface area contributed by atoms with Crippen LogP contribution in [-0.2, 0) is 20.3 Å². The molecule has 1 aliphatic heterocycles. The summed E-state index contributed by atoms with van der Waals surface area (Å²) in [6.07, 6.45) is 2.22. The van der Waals surface area contributed by atoms with Crippen LogP contribution in [0.25, 0.3) is 0 Å². The Balaban J connectivity index is 2.03. The fraction of sp³-hybridized carbons (Fsp3) is 0.714. The molecule has 0 aliphatic carbocycles. The Hall–Kier alpha value is -0.860. The summed E-state index contributed by atoms with van der Waals surface area (Å²) in [7, 11) is -3.37. The summed E-state index contributed by atoms with van der Waals surface area (Å²) in [5.41, 5.74) is -0.595. The van der Waals surface area contributed by atoms with Gasteiger partial charge in [0.05, 0.1) is 11.0 Å². The molecule has 0 N–H and O–H groups in total. The Labute approximate surface area is 145 Å². The van der Waals surface area contributed by atoms with Crippen LogP contribution in [0.5, 0.6) is 0 Å². The SMILES string of the molecule is CC(C)(C)OC(=O)N1CCCC(S(=O)(=O)Cc2cnc(Cl)s2)C1. The van der Waals surface area contributed by atoms with E-state index in [0.717, 1.165) is 11.3 Å². The summed E-state index contributed by atoms with van der Waals surface area (Å²) in [4.78, 5) is 18.1. The van der Waals surface area contributed by atoms with Gasteiger partial charge in [0, 0.05) is 24.2 Å². The van der Waals surface area contributed by atoms with Crippen molar-refractivity contribution >= 4 is 38.9 Å². The zero-order valence-corrected chi connectivity index (χ0v) is 15.8. The molecule has 0 aromatic carbocycles. The smallest absolute Gasteiger partial charge is 0.410 e. The van der Waals surface area contributed by atoms with Gasteiger partial charge in [-0.15, -0.1) is 11.3 Å². The first-order valence-corrected chi connectivity index (χ1v) is 10.3. The van der Waals surface area contributed by atoms with E-state index in [9.17, 15) is 13.2 Å². The van der Waals surface area contributed by atoms with Crippen molar-refractivity contribution in [2.45, 2.75) is 50.2 Å². The molecule has 1 unspecified atom stereocenters. The molecule has 0 bridgehead atoms. The van der Waals surface area contributed by atoms with Crippen LogP contribution in [0.15, 0.2) is 6.20 Å². The molecule has 1 fully saturated rings. The maximum atomic E-state index is 12.6. The number of piperidine rings is 1. The van der Waals surface area contributed by atoms with Crippen LogP contribution in [0.1, 0.15) is 38.5 Å². The lowest BCUT2D eigenvalue weighted by Crippen LogP contribution is -2.47. The number of likely N-dealkylation sites (tertiary alicyclic amines) is 1. The fourth-order valence-electron chi connectivity index (χ4n) is 2.39. The van der Waals surface area contributed by atoms with Gasteiger partial charge < -0.3 is 9.64 Å². The highest BCUT2D eigenvalue weighted by molar-refractivity contribution is 7.91. The second kappa shape index (κ2) is 6.94. The third-order valence-electron chi connectivity index (χ3n) is 3.41. The number of halogens is 1. The Morgan fingerprint density at radius 2 is 2.22 bits per heavy atom. The molecule has 23 heavy (non-hydrogen) atoms. The number of sulfone groups is 1. The minimum atomic E-state index is -3.37. The van der Waals surface area contributed by atoms with E-state index in [4.69, 9.17) is 16.3 Å². The topological polar surface area (TPSA) is 76.6 Å². The molecule has 9 heteroatoms. The number of nitrogens with zero attached hydrogens (tertiary/aromatic N) is 2. The predicted molar refractivity (Wildman–Crippen MR) is 90.6 cm³/mol. The van der Waals surface area contributed by atoms with Gasteiger partial charge in [-0.25, -0.2) is 18.2 Å². The molecule has 1 aliphatic rings. The van der Waals surface area contributed by atoms with Gasteiger partial charge in [0.2, 0.25) is 0 Å². The highest BCUT2D eigenvalue weighted by Gasteiger charge is 2.34. The molecule has 6 nitrogen and oxygen atoms in total. The first kappa shape index (κ1) is 18.5. The quantitative estimate of drug-likeness (QED) is 0.805. The normalized spacial score (nSPS) is 19.7. The molecule has 1 aromatic heterocycles. The Kier molecular flexibility index (Phi) is 5.58. The number of carbonyl (C=O) groups excluding carboxylic acids is 1. The second-order valence-electron chi connectivity index (χ2n) is 6.58. The molecule has 1 aromatic rings. The van der Waals surface area contributed by atoms with Gasteiger partial charge in [-0.05, 0) is 33.6 Å². The van der Waals surface area contributed by atoms with Crippen molar-refractivity contribution in [3.8, 4) is 0 Å². The molecular weight excluding hydrogens is 360 g/mol. The van der Waals surface area contributed by atoms with Gasteiger partial charge in [0.1, 0.15) is 5.60 Å². The highest BCUT2D eigenvalue weighted by Crippen LogP contribution is 2.25. The molecule has 1 atom stereocenters. The largest absolute Gasteiger partial charge is 0.444 e. The fourth-order valence-corrected chi connectivity index (χ4v) is 5.53. The Morgan fingerprint density at radius 3 is 2.78 bits per heavy atom. The van der Waals surface area contributed by atoms with Crippen molar-refractivity contribution in [1.82, 2.24) is 9.88 Å². The van der Waals surface area contributed by atoms with E-state index in [1.807, 2.05) is 0 Å². The molecule has 1 saturated heterocycles. The van der Waals surface area contributed by atoms with Crippen molar-refractivity contribution < 1.29 is 17.9 Å². The monoisotopic (exact) mass is 380 g/mol. The zero-order valence-electron chi connectivity index (χ0n) is 13.4. The molecule has 0 radical (unpaired) electrons. The van der Waals surface area contributed by atoms with E-state index in [-0.39, 0.29) is 12.3 Å². The zero-order chi connectivity index (χ0) is 17.3. The number of amides is 1. The minimum Gasteiger partial charge on any atom is -0.444 e. The van der Waals surface area contributed by atoms with Gasteiger partial charge in [0.15, 0.2) is 14.3 Å². The Bertz CT molecular complexity index is 667. The second-order valence-corrected chi connectivity index (χ2v) is 10.6. The van der Waals surface area contributed by atoms with Gasteiger partial charge in [-0.1, -0.05) is 11.6 Å². The number of rotatable bonds is 3. The van der Waals surface area contributed by atoms with E-state index in [1.165, 1.54) is 11.1 Å². The molecule has 2 rings (SSSR count). The first-order chi connectivity index (χ1) is 10.6. The number of hydrogen-bond acceptors (Lipinski definition) is 6. The summed E-state index contributed by atoms with van der Waals surface area (Å²) in [5, 5.41) is -0.579. The van der Waals surface area contributed by atoms with E-state index >= 15 is 0 Å². The van der Waals surface area contributed by atoms with Crippen LogP contribution in [-0.4, -0.2) is 48.3 Å². The van der Waals surface area contributed by atoms with Crippen LogP contribution >= 0.6 is 22.9 Å². The summed E-state index contributed by atoms with van der Waals surface area (Å²) < 4.78 is 30.8. The summed E-state index contributed by atoms with van der Waals surface area (Å²) in [5.74, 6) is -0.0930. The number of hydrogen-bond donors (Lipinski definition) is 0. The lowest BCUT2D eigenvalue weighted by molar-refractivity contribution is 0.0219. The molecule has 0 saturated carbocycles. The average molecular weight is 381 g/mol. The van der Waals surface area contributed by atoms with Crippen molar-refractivity contribution in [2.24, 2.45) is 0 Å². The van der Waals surface area contributed by atoms with Crippen molar-refractivity contribution in [2.75, 3.05) is 13.1 Å². The Morgan fingerprint density at radius 1 is 1.52 bits per heavy atom.